The van der Waals surface area contributed by atoms with Crippen molar-refractivity contribution in [2.24, 2.45) is 0 Å². The molecule has 0 saturated carbocycles. The SMILES string of the molecule is Cc1ccc(CNC(=O)c2cn(C3CCNCC3)nn2)cc1. The molecule has 1 saturated heterocycles. The quantitative estimate of drug-likeness (QED) is 0.896. The molecule has 1 fully saturated rings. The molecule has 0 unspecified atom stereocenters. The van der Waals surface area contributed by atoms with Gasteiger partial charge in [-0.15, -0.1) is 5.10 Å². The fourth-order valence-electron chi connectivity index (χ4n) is 2.61. The van der Waals surface area contributed by atoms with Crippen LogP contribution in [-0.2, 0) is 6.54 Å². The highest BCUT2D eigenvalue weighted by atomic mass is 16.2. The van der Waals surface area contributed by atoms with Gasteiger partial charge in [0, 0.05) is 6.54 Å². The van der Waals surface area contributed by atoms with Crippen LogP contribution in [0.3, 0.4) is 0 Å². The van der Waals surface area contributed by atoms with E-state index in [4.69, 9.17) is 0 Å². The van der Waals surface area contributed by atoms with Gasteiger partial charge in [0.25, 0.3) is 5.91 Å². The van der Waals surface area contributed by atoms with E-state index in [0.29, 0.717) is 18.3 Å². The summed E-state index contributed by atoms with van der Waals surface area (Å²) < 4.78 is 1.82. The maximum Gasteiger partial charge on any atom is 0.273 e. The maximum atomic E-state index is 12.1. The van der Waals surface area contributed by atoms with Gasteiger partial charge >= 0.3 is 0 Å². The van der Waals surface area contributed by atoms with Crippen LogP contribution < -0.4 is 10.6 Å². The van der Waals surface area contributed by atoms with Gasteiger partial charge in [0.1, 0.15) is 0 Å². The van der Waals surface area contributed by atoms with E-state index in [1.165, 1.54) is 5.56 Å². The molecule has 1 aliphatic heterocycles. The average molecular weight is 299 g/mol. The Bertz CT molecular complexity index is 628. The summed E-state index contributed by atoms with van der Waals surface area (Å²) in [7, 11) is 0. The topological polar surface area (TPSA) is 71.8 Å². The Hall–Kier alpha value is -2.21. The van der Waals surface area contributed by atoms with Crippen molar-refractivity contribution in [2.75, 3.05) is 13.1 Å². The molecule has 2 N–H and O–H groups in total. The standard InChI is InChI=1S/C16H21N5O/c1-12-2-4-13(5-3-12)10-18-16(22)15-11-21(20-19-15)14-6-8-17-9-7-14/h2-5,11,14,17H,6-10H2,1H3,(H,18,22). The van der Waals surface area contributed by atoms with E-state index in [1.807, 2.05) is 35.9 Å². The van der Waals surface area contributed by atoms with Crippen LogP contribution in [0.15, 0.2) is 30.5 Å². The number of rotatable bonds is 4. The van der Waals surface area contributed by atoms with E-state index < -0.39 is 0 Å². The van der Waals surface area contributed by atoms with Gasteiger partial charge in [0.2, 0.25) is 0 Å². The average Bonchev–Trinajstić information content (AvgIpc) is 3.05. The Balaban J connectivity index is 1.58. The number of aromatic nitrogens is 3. The normalized spacial score (nSPS) is 15.7. The molecule has 1 aromatic carbocycles. The monoisotopic (exact) mass is 299 g/mol. The minimum absolute atomic E-state index is 0.180. The number of carbonyl (C=O) groups excluding carboxylic acids is 1. The molecular formula is C16H21N5O. The lowest BCUT2D eigenvalue weighted by molar-refractivity contribution is 0.0946. The minimum atomic E-state index is -0.180. The van der Waals surface area contributed by atoms with Crippen LogP contribution in [0.4, 0.5) is 0 Å². The minimum Gasteiger partial charge on any atom is -0.347 e. The van der Waals surface area contributed by atoms with Crippen molar-refractivity contribution in [3.8, 4) is 0 Å². The molecule has 3 rings (SSSR count). The molecule has 0 aliphatic carbocycles. The molecule has 0 radical (unpaired) electrons. The molecule has 0 atom stereocenters. The molecule has 116 valence electrons. The summed E-state index contributed by atoms with van der Waals surface area (Å²) in [6, 6.07) is 8.44. The predicted molar refractivity (Wildman–Crippen MR) is 83.5 cm³/mol. The molecule has 0 spiro atoms. The molecule has 22 heavy (non-hydrogen) atoms. The Morgan fingerprint density at radius 1 is 1.32 bits per heavy atom. The number of hydrogen-bond donors (Lipinski definition) is 2. The van der Waals surface area contributed by atoms with Gasteiger partial charge in [-0.25, -0.2) is 4.68 Å². The molecule has 1 aliphatic rings. The predicted octanol–water partition coefficient (Wildman–Crippen LogP) is 1.44. The number of nitrogens with one attached hydrogen (secondary N) is 2. The lowest BCUT2D eigenvalue weighted by Crippen LogP contribution is -2.29. The molecule has 1 aromatic heterocycles. The van der Waals surface area contributed by atoms with Crippen LogP contribution >= 0.6 is 0 Å². The van der Waals surface area contributed by atoms with E-state index in [0.717, 1.165) is 31.5 Å². The highest BCUT2D eigenvalue weighted by molar-refractivity contribution is 5.91. The number of nitrogens with zero attached hydrogens (tertiary/aromatic N) is 3. The lowest BCUT2D eigenvalue weighted by Gasteiger charge is -2.22. The van der Waals surface area contributed by atoms with Crippen LogP contribution in [0.5, 0.6) is 0 Å². The fraction of sp³-hybridized carbons (Fsp3) is 0.438. The van der Waals surface area contributed by atoms with Gasteiger partial charge in [0.05, 0.1) is 12.2 Å². The first kappa shape index (κ1) is 14.7. The molecule has 1 amide bonds. The zero-order valence-corrected chi connectivity index (χ0v) is 12.7. The summed E-state index contributed by atoms with van der Waals surface area (Å²) in [6.07, 6.45) is 3.79. The lowest BCUT2D eigenvalue weighted by atomic mass is 10.1. The fourth-order valence-corrected chi connectivity index (χ4v) is 2.61. The van der Waals surface area contributed by atoms with Crippen molar-refractivity contribution >= 4 is 5.91 Å². The van der Waals surface area contributed by atoms with Gasteiger partial charge in [-0.3, -0.25) is 4.79 Å². The first-order valence-electron chi connectivity index (χ1n) is 7.68. The van der Waals surface area contributed by atoms with Gasteiger partial charge in [-0.1, -0.05) is 35.0 Å². The van der Waals surface area contributed by atoms with Gasteiger partial charge < -0.3 is 10.6 Å². The Kier molecular flexibility index (Phi) is 4.48. The van der Waals surface area contributed by atoms with Crippen LogP contribution in [0.25, 0.3) is 0 Å². The van der Waals surface area contributed by atoms with E-state index >= 15 is 0 Å². The highest BCUT2D eigenvalue weighted by Crippen LogP contribution is 2.17. The summed E-state index contributed by atoms with van der Waals surface area (Å²) in [5.74, 6) is -0.180. The van der Waals surface area contributed by atoms with Crippen molar-refractivity contribution in [2.45, 2.75) is 32.4 Å². The first-order valence-corrected chi connectivity index (χ1v) is 7.68. The Morgan fingerprint density at radius 3 is 2.77 bits per heavy atom. The van der Waals surface area contributed by atoms with Gasteiger partial charge in [-0.05, 0) is 38.4 Å². The summed E-state index contributed by atoms with van der Waals surface area (Å²) >= 11 is 0. The Morgan fingerprint density at radius 2 is 2.05 bits per heavy atom. The summed E-state index contributed by atoms with van der Waals surface area (Å²) in [4.78, 5) is 12.1. The molecule has 2 aromatic rings. The maximum absolute atomic E-state index is 12.1. The molecule has 2 heterocycles. The smallest absolute Gasteiger partial charge is 0.273 e. The molecule has 6 heteroatoms. The third-order valence-corrected chi connectivity index (χ3v) is 4.00. The van der Waals surface area contributed by atoms with Crippen LogP contribution in [0.2, 0.25) is 0 Å². The van der Waals surface area contributed by atoms with Crippen molar-refractivity contribution in [1.82, 2.24) is 25.6 Å². The van der Waals surface area contributed by atoms with Gasteiger partial charge in [0.15, 0.2) is 5.69 Å². The van der Waals surface area contributed by atoms with Crippen LogP contribution in [0, 0.1) is 6.92 Å². The molecular weight excluding hydrogens is 278 g/mol. The molecule has 6 nitrogen and oxygen atoms in total. The van der Waals surface area contributed by atoms with Crippen LogP contribution in [0.1, 0.15) is 40.5 Å². The second-order valence-corrected chi connectivity index (χ2v) is 5.73. The number of benzene rings is 1. The number of piperidine rings is 1. The second kappa shape index (κ2) is 6.70. The summed E-state index contributed by atoms with van der Waals surface area (Å²) in [5.41, 5.74) is 2.66. The zero-order valence-electron chi connectivity index (χ0n) is 12.7. The summed E-state index contributed by atoms with van der Waals surface area (Å²) in [5, 5.41) is 14.3. The third-order valence-electron chi connectivity index (χ3n) is 4.00. The van der Waals surface area contributed by atoms with Crippen molar-refractivity contribution in [3.63, 3.8) is 0 Å². The Labute approximate surface area is 129 Å². The van der Waals surface area contributed by atoms with Crippen LogP contribution in [-0.4, -0.2) is 34.0 Å². The van der Waals surface area contributed by atoms with E-state index in [9.17, 15) is 4.79 Å². The highest BCUT2D eigenvalue weighted by Gasteiger charge is 2.18. The van der Waals surface area contributed by atoms with E-state index in [-0.39, 0.29) is 5.91 Å². The second-order valence-electron chi connectivity index (χ2n) is 5.73. The van der Waals surface area contributed by atoms with E-state index in [2.05, 4.69) is 20.9 Å². The number of carbonyl (C=O) groups is 1. The molecule has 0 bridgehead atoms. The first-order chi connectivity index (χ1) is 10.7. The largest absolute Gasteiger partial charge is 0.347 e. The van der Waals surface area contributed by atoms with Crippen molar-refractivity contribution in [1.29, 1.82) is 0 Å². The zero-order chi connectivity index (χ0) is 15.4. The van der Waals surface area contributed by atoms with Gasteiger partial charge in [-0.2, -0.15) is 0 Å². The van der Waals surface area contributed by atoms with E-state index in [1.54, 1.807) is 6.20 Å². The number of aryl methyl sites for hydroxylation is 1. The number of hydrogen-bond acceptors (Lipinski definition) is 4. The third kappa shape index (κ3) is 3.51. The van der Waals surface area contributed by atoms with Crippen molar-refractivity contribution in [3.05, 3.63) is 47.3 Å². The van der Waals surface area contributed by atoms with Crippen molar-refractivity contribution < 1.29 is 4.79 Å². The number of amides is 1. The summed E-state index contributed by atoms with van der Waals surface area (Å²) in [6.45, 7) is 4.51.